The summed E-state index contributed by atoms with van der Waals surface area (Å²) in [5.41, 5.74) is 0.104. The fraction of sp³-hybridized carbons (Fsp3) is 0.438. The van der Waals surface area contributed by atoms with Gasteiger partial charge in [0.25, 0.3) is 0 Å². The van der Waals surface area contributed by atoms with E-state index >= 15 is 0 Å². The minimum Gasteiger partial charge on any atom is -0.465 e. The van der Waals surface area contributed by atoms with Crippen LogP contribution in [0.1, 0.15) is 47.9 Å². The van der Waals surface area contributed by atoms with Gasteiger partial charge in [-0.15, -0.1) is 0 Å². The molecule has 1 aromatic rings. The lowest BCUT2D eigenvalue weighted by Gasteiger charge is -2.21. The molecule has 0 radical (unpaired) electrons. The average Bonchev–Trinajstić information content (AvgIpc) is 2.52. The summed E-state index contributed by atoms with van der Waals surface area (Å²) < 4.78 is 9.30. The zero-order chi connectivity index (χ0) is 16.9. The molecule has 0 unspecified atom stereocenters. The van der Waals surface area contributed by atoms with Crippen molar-refractivity contribution in [3.63, 3.8) is 0 Å². The second-order valence-corrected chi connectivity index (χ2v) is 5.47. The van der Waals surface area contributed by atoms with Gasteiger partial charge in [-0.3, -0.25) is 4.79 Å². The molecule has 22 heavy (non-hydrogen) atoms. The summed E-state index contributed by atoms with van der Waals surface area (Å²) in [7, 11) is 2.48. The number of rotatable bonds is 5. The third-order valence-electron chi connectivity index (χ3n) is 3.53. The molecule has 1 rings (SSSR count). The van der Waals surface area contributed by atoms with Crippen LogP contribution in [0, 0.1) is 5.41 Å². The Kier molecular flexibility index (Phi) is 5.68. The first-order valence-electron chi connectivity index (χ1n) is 6.88. The second-order valence-electron chi connectivity index (χ2n) is 5.47. The lowest BCUT2D eigenvalue weighted by atomic mass is 9.89. The van der Waals surface area contributed by atoms with Crippen LogP contribution in [-0.2, 0) is 14.3 Å². The van der Waals surface area contributed by atoms with E-state index in [0.717, 1.165) is 0 Å². The predicted molar refractivity (Wildman–Crippen MR) is 81.8 cm³/mol. The van der Waals surface area contributed by atoms with Gasteiger partial charge in [0.2, 0.25) is 5.91 Å². The monoisotopic (exact) mass is 307 g/mol. The first-order valence-corrected chi connectivity index (χ1v) is 6.88. The normalized spacial score (nSPS) is 10.8. The summed E-state index contributed by atoms with van der Waals surface area (Å²) in [4.78, 5) is 35.6. The van der Waals surface area contributed by atoms with Crippen molar-refractivity contribution >= 4 is 23.5 Å². The van der Waals surface area contributed by atoms with Crippen molar-refractivity contribution in [2.75, 3.05) is 19.5 Å². The van der Waals surface area contributed by atoms with Crippen molar-refractivity contribution < 1.29 is 23.9 Å². The molecule has 0 spiro atoms. The Balaban J connectivity index is 3.21. The highest BCUT2D eigenvalue weighted by Crippen LogP contribution is 2.24. The number of amides is 1. The fourth-order valence-corrected chi connectivity index (χ4v) is 1.63. The van der Waals surface area contributed by atoms with Gasteiger partial charge in [-0.25, -0.2) is 9.59 Å². The minimum absolute atomic E-state index is 0.162. The van der Waals surface area contributed by atoms with Crippen molar-refractivity contribution in [1.29, 1.82) is 0 Å². The zero-order valence-corrected chi connectivity index (χ0v) is 13.5. The molecule has 120 valence electrons. The van der Waals surface area contributed by atoms with Crippen molar-refractivity contribution in [2.24, 2.45) is 5.41 Å². The highest BCUT2D eigenvalue weighted by molar-refractivity contribution is 6.00. The smallest absolute Gasteiger partial charge is 0.337 e. The van der Waals surface area contributed by atoms with Crippen molar-refractivity contribution in [1.82, 2.24) is 0 Å². The summed E-state index contributed by atoms with van der Waals surface area (Å²) in [6, 6.07) is 4.28. The molecule has 0 aliphatic carbocycles. The van der Waals surface area contributed by atoms with Crippen molar-refractivity contribution in [2.45, 2.75) is 27.2 Å². The molecule has 0 saturated heterocycles. The van der Waals surface area contributed by atoms with Crippen molar-refractivity contribution in [3.8, 4) is 0 Å². The Morgan fingerprint density at radius 3 is 1.82 bits per heavy atom. The fourth-order valence-electron chi connectivity index (χ4n) is 1.63. The van der Waals surface area contributed by atoms with E-state index in [1.54, 1.807) is 0 Å². The highest BCUT2D eigenvalue weighted by Gasteiger charge is 2.26. The summed E-state index contributed by atoms with van der Waals surface area (Å²) in [5, 5.41) is 2.72. The van der Waals surface area contributed by atoms with Crippen LogP contribution in [0.4, 0.5) is 5.69 Å². The highest BCUT2D eigenvalue weighted by atomic mass is 16.5. The Bertz CT molecular complexity index is 558. The molecule has 6 heteroatoms. The van der Waals surface area contributed by atoms with Gasteiger partial charge in [0.05, 0.1) is 25.3 Å². The van der Waals surface area contributed by atoms with E-state index in [9.17, 15) is 14.4 Å². The Morgan fingerprint density at radius 2 is 1.45 bits per heavy atom. The van der Waals surface area contributed by atoms with Gasteiger partial charge in [-0.05, 0) is 24.6 Å². The number of benzene rings is 1. The van der Waals surface area contributed by atoms with Gasteiger partial charge in [-0.2, -0.15) is 0 Å². The Hall–Kier alpha value is -2.37. The average molecular weight is 307 g/mol. The summed E-state index contributed by atoms with van der Waals surface area (Å²) in [5.74, 6) is -1.40. The maximum Gasteiger partial charge on any atom is 0.337 e. The van der Waals surface area contributed by atoms with E-state index in [0.29, 0.717) is 12.1 Å². The standard InChI is InChI=1S/C16H21NO5/c1-6-16(2,3)15(20)17-12-8-10(13(18)21-4)7-11(9-12)14(19)22-5/h7-9H,6H2,1-5H3,(H,17,20). The number of nitrogens with one attached hydrogen (secondary N) is 1. The molecular weight excluding hydrogens is 286 g/mol. The zero-order valence-electron chi connectivity index (χ0n) is 13.5. The number of carbonyl (C=O) groups excluding carboxylic acids is 3. The number of esters is 2. The van der Waals surface area contributed by atoms with E-state index in [-0.39, 0.29) is 17.0 Å². The van der Waals surface area contributed by atoms with Crippen molar-refractivity contribution in [3.05, 3.63) is 29.3 Å². The molecule has 0 atom stereocenters. The molecule has 0 aliphatic rings. The second kappa shape index (κ2) is 7.06. The maximum atomic E-state index is 12.2. The molecule has 6 nitrogen and oxygen atoms in total. The van der Waals surface area contributed by atoms with Crippen LogP contribution in [-0.4, -0.2) is 32.1 Å². The quantitative estimate of drug-likeness (QED) is 0.846. The van der Waals surface area contributed by atoms with E-state index in [1.807, 2.05) is 20.8 Å². The van der Waals surface area contributed by atoms with Gasteiger partial charge < -0.3 is 14.8 Å². The van der Waals surface area contributed by atoms with E-state index in [1.165, 1.54) is 32.4 Å². The maximum absolute atomic E-state index is 12.2. The molecule has 0 fully saturated rings. The van der Waals surface area contributed by atoms with Crippen LogP contribution >= 0.6 is 0 Å². The van der Waals surface area contributed by atoms with Gasteiger partial charge >= 0.3 is 11.9 Å². The van der Waals surface area contributed by atoms with Crippen LogP contribution in [0.2, 0.25) is 0 Å². The molecule has 0 aromatic heterocycles. The lowest BCUT2D eigenvalue weighted by molar-refractivity contribution is -0.124. The molecule has 1 aromatic carbocycles. The topological polar surface area (TPSA) is 81.7 Å². The number of hydrogen-bond acceptors (Lipinski definition) is 5. The SMILES string of the molecule is CCC(C)(C)C(=O)Nc1cc(C(=O)OC)cc(C(=O)OC)c1. The van der Waals surface area contributed by atoms with Gasteiger partial charge in [0.15, 0.2) is 0 Å². The summed E-state index contributed by atoms with van der Waals surface area (Å²) in [6.45, 7) is 5.53. The first kappa shape index (κ1) is 17.7. The molecular formula is C16H21NO5. The van der Waals surface area contributed by atoms with E-state index in [4.69, 9.17) is 0 Å². The lowest BCUT2D eigenvalue weighted by Crippen LogP contribution is -2.30. The van der Waals surface area contributed by atoms with Gasteiger partial charge in [-0.1, -0.05) is 20.8 Å². The third kappa shape index (κ3) is 4.07. The molecule has 0 saturated carbocycles. The molecule has 0 heterocycles. The van der Waals surface area contributed by atoms with Crippen LogP contribution in [0.5, 0.6) is 0 Å². The van der Waals surface area contributed by atoms with Crippen LogP contribution in [0.25, 0.3) is 0 Å². The summed E-state index contributed by atoms with van der Waals surface area (Å²) >= 11 is 0. The largest absolute Gasteiger partial charge is 0.465 e. The van der Waals surface area contributed by atoms with Gasteiger partial charge in [0.1, 0.15) is 0 Å². The van der Waals surface area contributed by atoms with Crippen LogP contribution < -0.4 is 5.32 Å². The van der Waals surface area contributed by atoms with E-state index in [2.05, 4.69) is 14.8 Å². The first-order chi connectivity index (χ1) is 10.2. The molecule has 1 amide bonds. The number of ether oxygens (including phenoxy) is 2. The Morgan fingerprint density at radius 1 is 1.00 bits per heavy atom. The number of carbonyl (C=O) groups is 3. The van der Waals surface area contributed by atoms with Crippen LogP contribution in [0.3, 0.4) is 0 Å². The molecule has 0 bridgehead atoms. The van der Waals surface area contributed by atoms with Crippen LogP contribution in [0.15, 0.2) is 18.2 Å². The minimum atomic E-state index is -0.601. The number of methoxy groups -OCH3 is 2. The van der Waals surface area contributed by atoms with Gasteiger partial charge in [0, 0.05) is 11.1 Å². The number of hydrogen-bond donors (Lipinski definition) is 1. The molecule has 0 aliphatic heterocycles. The number of anilines is 1. The summed E-state index contributed by atoms with van der Waals surface area (Å²) in [6.07, 6.45) is 0.652. The molecule has 1 N–H and O–H groups in total. The third-order valence-corrected chi connectivity index (χ3v) is 3.53. The van der Waals surface area contributed by atoms with E-state index < -0.39 is 17.4 Å². The Labute approximate surface area is 129 Å². The predicted octanol–water partition coefficient (Wildman–Crippen LogP) is 2.63.